The maximum atomic E-state index is 5.27. The highest BCUT2D eigenvalue weighted by Gasteiger charge is 2.00. The zero-order valence-electron chi connectivity index (χ0n) is 11.6. The van der Waals surface area contributed by atoms with Crippen molar-refractivity contribution in [3.8, 4) is 5.75 Å². The van der Waals surface area contributed by atoms with Gasteiger partial charge in [0.2, 0.25) is 0 Å². The van der Waals surface area contributed by atoms with Crippen molar-refractivity contribution >= 4 is 17.4 Å². The molecule has 2 nitrogen and oxygen atoms in total. The number of rotatable bonds is 5. The van der Waals surface area contributed by atoms with Crippen LogP contribution < -0.4 is 10.1 Å². The van der Waals surface area contributed by atoms with E-state index in [0.29, 0.717) is 0 Å². The lowest BCUT2D eigenvalue weighted by Gasteiger charge is -2.10. The third kappa shape index (κ3) is 3.67. The molecule has 0 heterocycles. The predicted molar refractivity (Wildman–Crippen MR) is 83.3 cm³/mol. The Hall–Kier alpha value is -1.61. The molecule has 0 amide bonds. The van der Waals surface area contributed by atoms with Gasteiger partial charge in [-0.3, -0.25) is 0 Å². The molecule has 0 spiro atoms. The average molecular weight is 273 g/mol. The predicted octanol–water partition coefficient (Wildman–Crippen LogP) is 4.34. The fraction of sp³-hybridized carbons (Fsp3) is 0.250. The van der Waals surface area contributed by atoms with Crippen LogP contribution in [0.5, 0.6) is 5.75 Å². The van der Waals surface area contributed by atoms with E-state index in [4.69, 9.17) is 4.74 Å². The van der Waals surface area contributed by atoms with E-state index >= 15 is 0 Å². The summed E-state index contributed by atoms with van der Waals surface area (Å²) in [5.74, 6) is 0.938. The van der Waals surface area contributed by atoms with Crippen LogP contribution in [0, 0.1) is 6.92 Å². The highest BCUT2D eigenvalue weighted by Crippen LogP contribution is 2.21. The number of hydrogen-bond acceptors (Lipinski definition) is 3. The van der Waals surface area contributed by atoms with E-state index in [1.54, 1.807) is 18.9 Å². The Kier molecular flexibility index (Phi) is 4.74. The highest BCUT2D eigenvalue weighted by molar-refractivity contribution is 7.98. The fourth-order valence-electron chi connectivity index (χ4n) is 1.99. The van der Waals surface area contributed by atoms with Crippen molar-refractivity contribution in [3.05, 3.63) is 53.6 Å². The minimum absolute atomic E-state index is 0.822. The van der Waals surface area contributed by atoms with Gasteiger partial charge in [-0.2, -0.15) is 0 Å². The molecule has 1 N–H and O–H groups in total. The van der Waals surface area contributed by atoms with E-state index < -0.39 is 0 Å². The summed E-state index contributed by atoms with van der Waals surface area (Å²) in [6.07, 6.45) is 2.09. The minimum atomic E-state index is 0.822. The van der Waals surface area contributed by atoms with Crippen molar-refractivity contribution in [3.63, 3.8) is 0 Å². The molecule has 3 heteroatoms. The molecule has 0 unspecified atom stereocenters. The molecule has 0 aliphatic rings. The van der Waals surface area contributed by atoms with Crippen LogP contribution in [0.3, 0.4) is 0 Å². The molecule has 0 fully saturated rings. The van der Waals surface area contributed by atoms with Crippen LogP contribution in [0.15, 0.2) is 47.4 Å². The van der Waals surface area contributed by atoms with Gasteiger partial charge in [0, 0.05) is 17.1 Å². The summed E-state index contributed by atoms with van der Waals surface area (Å²) < 4.78 is 5.27. The van der Waals surface area contributed by atoms with Crippen molar-refractivity contribution in [1.82, 2.24) is 0 Å². The number of nitrogens with one attached hydrogen (secondary N) is 1. The molecular formula is C16H19NOS. The van der Waals surface area contributed by atoms with Gasteiger partial charge in [-0.15, -0.1) is 11.8 Å². The lowest BCUT2D eigenvalue weighted by Crippen LogP contribution is -2.00. The number of anilines is 1. The van der Waals surface area contributed by atoms with Crippen LogP contribution in [-0.4, -0.2) is 13.4 Å². The summed E-state index contributed by atoms with van der Waals surface area (Å²) in [5.41, 5.74) is 3.58. The Morgan fingerprint density at radius 3 is 2.68 bits per heavy atom. The Balaban J connectivity index is 2.03. The summed E-state index contributed by atoms with van der Waals surface area (Å²) >= 11 is 1.76. The molecule has 0 aromatic heterocycles. The first kappa shape index (κ1) is 13.8. The first-order chi connectivity index (χ1) is 9.22. The molecule has 2 aromatic rings. The van der Waals surface area contributed by atoms with Crippen molar-refractivity contribution in [2.45, 2.75) is 18.4 Å². The van der Waals surface area contributed by atoms with E-state index in [2.05, 4.69) is 54.9 Å². The quantitative estimate of drug-likeness (QED) is 0.819. The van der Waals surface area contributed by atoms with E-state index in [0.717, 1.165) is 18.0 Å². The van der Waals surface area contributed by atoms with Crippen molar-refractivity contribution in [2.75, 3.05) is 18.7 Å². The van der Waals surface area contributed by atoms with Crippen LogP contribution in [0.1, 0.15) is 11.1 Å². The lowest BCUT2D eigenvalue weighted by atomic mass is 10.1. The number of aryl methyl sites for hydroxylation is 1. The SMILES string of the molecule is COc1ccc(CNc2cccc(SC)c2)cc1C. The molecule has 2 aromatic carbocycles. The molecule has 19 heavy (non-hydrogen) atoms. The number of benzene rings is 2. The summed E-state index contributed by atoms with van der Waals surface area (Å²) in [7, 11) is 1.70. The smallest absolute Gasteiger partial charge is 0.121 e. The van der Waals surface area contributed by atoms with E-state index in [-0.39, 0.29) is 0 Å². The van der Waals surface area contributed by atoms with Crippen LogP contribution in [0.25, 0.3) is 0 Å². The van der Waals surface area contributed by atoms with Crippen LogP contribution in [-0.2, 0) is 6.54 Å². The average Bonchev–Trinajstić information content (AvgIpc) is 2.45. The number of methoxy groups -OCH3 is 1. The molecule has 100 valence electrons. The van der Waals surface area contributed by atoms with Gasteiger partial charge in [-0.05, 0) is 48.6 Å². The Labute approximate surface area is 119 Å². The third-order valence-corrected chi connectivity index (χ3v) is 3.75. The Bertz CT molecular complexity index is 554. The number of thioether (sulfide) groups is 1. The second-order valence-corrected chi connectivity index (χ2v) is 5.27. The number of hydrogen-bond donors (Lipinski definition) is 1. The standard InChI is InChI=1S/C16H19NOS/c1-12-9-13(7-8-16(12)18-2)11-17-14-5-4-6-15(10-14)19-3/h4-10,17H,11H2,1-3H3. The first-order valence-electron chi connectivity index (χ1n) is 6.24. The van der Waals surface area contributed by atoms with E-state index in [9.17, 15) is 0 Å². The topological polar surface area (TPSA) is 21.3 Å². The monoisotopic (exact) mass is 273 g/mol. The van der Waals surface area contributed by atoms with Gasteiger partial charge in [-0.25, -0.2) is 0 Å². The normalized spacial score (nSPS) is 10.3. The van der Waals surface area contributed by atoms with Gasteiger partial charge in [0.25, 0.3) is 0 Å². The van der Waals surface area contributed by atoms with Gasteiger partial charge < -0.3 is 10.1 Å². The molecule has 0 saturated carbocycles. The third-order valence-electron chi connectivity index (χ3n) is 3.03. The molecule has 0 aliphatic carbocycles. The lowest BCUT2D eigenvalue weighted by molar-refractivity contribution is 0.411. The minimum Gasteiger partial charge on any atom is -0.496 e. The van der Waals surface area contributed by atoms with Crippen molar-refractivity contribution in [1.29, 1.82) is 0 Å². The molecule has 2 rings (SSSR count). The molecular weight excluding hydrogens is 254 g/mol. The Morgan fingerprint density at radius 1 is 1.16 bits per heavy atom. The maximum absolute atomic E-state index is 5.27. The van der Waals surface area contributed by atoms with Gasteiger partial charge in [0.15, 0.2) is 0 Å². The van der Waals surface area contributed by atoms with Crippen molar-refractivity contribution < 1.29 is 4.74 Å². The highest BCUT2D eigenvalue weighted by atomic mass is 32.2. The first-order valence-corrected chi connectivity index (χ1v) is 7.47. The molecule has 0 aliphatic heterocycles. The Morgan fingerprint density at radius 2 is 2.00 bits per heavy atom. The summed E-state index contributed by atoms with van der Waals surface area (Å²) in [4.78, 5) is 1.27. The van der Waals surface area contributed by atoms with Crippen molar-refractivity contribution in [2.24, 2.45) is 0 Å². The summed E-state index contributed by atoms with van der Waals surface area (Å²) in [6.45, 7) is 2.89. The largest absolute Gasteiger partial charge is 0.496 e. The van der Waals surface area contributed by atoms with Gasteiger partial charge >= 0.3 is 0 Å². The van der Waals surface area contributed by atoms with Gasteiger partial charge in [0.1, 0.15) is 5.75 Å². The molecule has 0 atom stereocenters. The fourth-order valence-corrected chi connectivity index (χ4v) is 2.45. The zero-order chi connectivity index (χ0) is 13.7. The van der Waals surface area contributed by atoms with Crippen LogP contribution in [0.2, 0.25) is 0 Å². The van der Waals surface area contributed by atoms with Gasteiger partial charge in [-0.1, -0.05) is 18.2 Å². The summed E-state index contributed by atoms with van der Waals surface area (Å²) in [6, 6.07) is 14.7. The summed E-state index contributed by atoms with van der Waals surface area (Å²) in [5, 5.41) is 3.45. The molecule has 0 saturated heterocycles. The van der Waals surface area contributed by atoms with Crippen LogP contribution in [0.4, 0.5) is 5.69 Å². The molecule has 0 bridgehead atoms. The molecule has 0 radical (unpaired) electrons. The van der Waals surface area contributed by atoms with E-state index in [1.165, 1.54) is 16.0 Å². The van der Waals surface area contributed by atoms with Crippen LogP contribution >= 0.6 is 11.8 Å². The van der Waals surface area contributed by atoms with E-state index in [1.807, 2.05) is 6.07 Å². The second kappa shape index (κ2) is 6.53. The second-order valence-electron chi connectivity index (χ2n) is 4.39. The maximum Gasteiger partial charge on any atom is 0.121 e. The van der Waals surface area contributed by atoms with Gasteiger partial charge in [0.05, 0.1) is 7.11 Å². The number of ether oxygens (including phenoxy) is 1. The zero-order valence-corrected chi connectivity index (χ0v) is 12.4.